The van der Waals surface area contributed by atoms with E-state index in [0.717, 1.165) is 0 Å². The number of carbonyl (C=O) groups is 1. The Labute approximate surface area is 177 Å². The van der Waals surface area contributed by atoms with Gasteiger partial charge in [0.1, 0.15) is 11.6 Å². The average Bonchev–Trinajstić information content (AvgIpc) is 2.76. The number of amides is 1. The van der Waals surface area contributed by atoms with Crippen LogP contribution in [0.5, 0.6) is 17.2 Å². The Hall–Kier alpha value is -3.23. The second kappa shape index (κ2) is 11.1. The van der Waals surface area contributed by atoms with Crippen molar-refractivity contribution >= 4 is 17.7 Å². The largest absolute Gasteiger partial charge is 0.493 e. The first kappa shape index (κ1) is 23.1. The number of rotatable bonds is 10. The van der Waals surface area contributed by atoms with E-state index >= 15 is 0 Å². The van der Waals surface area contributed by atoms with E-state index in [1.54, 1.807) is 17.6 Å². The zero-order chi connectivity index (χ0) is 22.1. The summed E-state index contributed by atoms with van der Waals surface area (Å²) >= 11 is 1.29. The number of aromatic nitrogens is 2. The standard InChI is InChI=1S/C19H22N4O6S/c1-27-13-8-11(9-14(28-2)17(13)29-3)16-12(10-20)18(25)22-19(21-16)30-7-5-4-6-15(24)23-26/h8-9,26H,4-7H2,1-3H3,(H,23,24)(H,21,22,25). The number of methoxy groups -OCH3 is 3. The van der Waals surface area contributed by atoms with Crippen LogP contribution in [0.3, 0.4) is 0 Å². The Balaban J connectivity index is 2.35. The van der Waals surface area contributed by atoms with E-state index in [4.69, 9.17) is 19.4 Å². The van der Waals surface area contributed by atoms with Gasteiger partial charge in [-0.05, 0) is 25.0 Å². The number of nitriles is 1. The van der Waals surface area contributed by atoms with Crippen molar-refractivity contribution < 1.29 is 24.2 Å². The second-order valence-electron chi connectivity index (χ2n) is 5.96. The lowest BCUT2D eigenvalue weighted by Gasteiger charge is -2.14. The molecular formula is C19H22N4O6S. The number of benzene rings is 1. The van der Waals surface area contributed by atoms with Gasteiger partial charge in [-0.3, -0.25) is 14.8 Å². The van der Waals surface area contributed by atoms with Crippen LogP contribution in [0.15, 0.2) is 22.1 Å². The molecule has 160 valence electrons. The molecule has 0 saturated carbocycles. The van der Waals surface area contributed by atoms with Crippen molar-refractivity contribution in [2.75, 3.05) is 27.1 Å². The van der Waals surface area contributed by atoms with E-state index in [9.17, 15) is 14.9 Å². The fraction of sp³-hybridized carbons (Fsp3) is 0.368. The molecule has 10 nitrogen and oxygen atoms in total. The molecule has 30 heavy (non-hydrogen) atoms. The van der Waals surface area contributed by atoms with Crippen LogP contribution in [0.1, 0.15) is 24.8 Å². The lowest BCUT2D eigenvalue weighted by Crippen LogP contribution is -2.17. The van der Waals surface area contributed by atoms with Crippen LogP contribution in [-0.2, 0) is 4.79 Å². The molecule has 11 heteroatoms. The highest BCUT2D eigenvalue weighted by atomic mass is 32.2. The van der Waals surface area contributed by atoms with Crippen molar-refractivity contribution in [2.45, 2.75) is 24.4 Å². The van der Waals surface area contributed by atoms with Crippen LogP contribution in [-0.4, -0.2) is 48.2 Å². The van der Waals surface area contributed by atoms with Crippen molar-refractivity contribution in [1.82, 2.24) is 15.4 Å². The maximum atomic E-state index is 12.4. The van der Waals surface area contributed by atoms with Crippen LogP contribution in [0.25, 0.3) is 11.3 Å². The Morgan fingerprint density at radius 1 is 1.23 bits per heavy atom. The van der Waals surface area contributed by atoms with Gasteiger partial charge in [-0.2, -0.15) is 5.26 Å². The Kier molecular flexibility index (Phi) is 8.52. The maximum absolute atomic E-state index is 12.4. The van der Waals surface area contributed by atoms with Crippen molar-refractivity contribution in [3.8, 4) is 34.6 Å². The summed E-state index contributed by atoms with van der Waals surface area (Å²) in [5.41, 5.74) is 1.56. The summed E-state index contributed by atoms with van der Waals surface area (Å²) < 4.78 is 16.0. The molecule has 1 amide bonds. The SMILES string of the molecule is COc1cc(-c2nc(SCCCCC(=O)NO)[nH]c(=O)c2C#N)cc(OC)c1OC. The highest BCUT2D eigenvalue weighted by Gasteiger charge is 2.19. The van der Waals surface area contributed by atoms with Gasteiger partial charge in [0, 0.05) is 17.7 Å². The number of thioether (sulfide) groups is 1. The predicted molar refractivity (Wildman–Crippen MR) is 109 cm³/mol. The summed E-state index contributed by atoms with van der Waals surface area (Å²) in [5.74, 6) is 1.26. The predicted octanol–water partition coefficient (Wildman–Crippen LogP) is 2.10. The normalized spacial score (nSPS) is 10.2. The van der Waals surface area contributed by atoms with Crippen LogP contribution < -0.4 is 25.2 Å². The summed E-state index contributed by atoms with van der Waals surface area (Å²) in [6.45, 7) is 0. The molecule has 0 aliphatic carbocycles. The topological polar surface area (TPSA) is 147 Å². The molecule has 1 aromatic heterocycles. The molecule has 0 bridgehead atoms. The van der Waals surface area contributed by atoms with E-state index in [-0.39, 0.29) is 17.7 Å². The van der Waals surface area contributed by atoms with E-state index in [2.05, 4.69) is 9.97 Å². The third-order valence-corrected chi connectivity index (χ3v) is 5.07. The molecule has 0 spiro atoms. The molecule has 0 atom stereocenters. The Morgan fingerprint density at radius 3 is 2.43 bits per heavy atom. The summed E-state index contributed by atoms with van der Waals surface area (Å²) in [7, 11) is 4.41. The number of hydroxylamine groups is 1. The van der Waals surface area contributed by atoms with Crippen LogP contribution in [0, 0.1) is 11.3 Å². The summed E-state index contributed by atoms with van der Waals surface area (Å²) in [6.07, 6.45) is 1.44. The first-order valence-electron chi connectivity index (χ1n) is 8.89. The fourth-order valence-electron chi connectivity index (χ4n) is 2.66. The highest BCUT2D eigenvalue weighted by molar-refractivity contribution is 7.99. The van der Waals surface area contributed by atoms with Crippen molar-refractivity contribution in [3.63, 3.8) is 0 Å². The van der Waals surface area contributed by atoms with Gasteiger partial charge in [0.15, 0.2) is 16.7 Å². The van der Waals surface area contributed by atoms with Crippen molar-refractivity contribution in [3.05, 3.63) is 28.0 Å². The molecule has 3 N–H and O–H groups in total. The molecule has 0 aliphatic rings. The zero-order valence-electron chi connectivity index (χ0n) is 16.8. The fourth-order valence-corrected chi connectivity index (χ4v) is 3.53. The van der Waals surface area contributed by atoms with Gasteiger partial charge < -0.3 is 19.2 Å². The molecule has 0 radical (unpaired) electrons. The minimum Gasteiger partial charge on any atom is -0.493 e. The van der Waals surface area contributed by atoms with Crippen molar-refractivity contribution in [1.29, 1.82) is 5.26 Å². The molecule has 1 aromatic carbocycles. The third kappa shape index (κ3) is 5.43. The van der Waals surface area contributed by atoms with Gasteiger partial charge in [0.2, 0.25) is 11.7 Å². The number of nitrogens with one attached hydrogen (secondary N) is 2. The number of nitrogens with zero attached hydrogens (tertiary/aromatic N) is 2. The number of ether oxygens (including phenoxy) is 3. The molecule has 0 saturated heterocycles. The number of hydrogen-bond acceptors (Lipinski definition) is 9. The quantitative estimate of drug-likeness (QED) is 0.168. The molecule has 2 rings (SSSR count). The lowest BCUT2D eigenvalue weighted by atomic mass is 10.1. The first-order chi connectivity index (χ1) is 14.5. The lowest BCUT2D eigenvalue weighted by molar-refractivity contribution is -0.129. The highest BCUT2D eigenvalue weighted by Crippen LogP contribution is 2.41. The van der Waals surface area contributed by atoms with Crippen LogP contribution >= 0.6 is 11.8 Å². The molecular weight excluding hydrogens is 412 g/mol. The third-order valence-electron chi connectivity index (χ3n) is 4.11. The smallest absolute Gasteiger partial charge is 0.270 e. The minimum atomic E-state index is -0.557. The molecule has 2 aromatic rings. The molecule has 0 unspecified atom stereocenters. The molecule has 1 heterocycles. The number of carbonyl (C=O) groups excluding carboxylic acids is 1. The maximum Gasteiger partial charge on any atom is 0.270 e. The van der Waals surface area contributed by atoms with E-state index in [1.165, 1.54) is 33.1 Å². The Morgan fingerprint density at radius 2 is 1.90 bits per heavy atom. The molecule has 0 fully saturated rings. The van der Waals surface area contributed by atoms with Crippen LogP contribution in [0.2, 0.25) is 0 Å². The van der Waals surface area contributed by atoms with Crippen molar-refractivity contribution in [2.24, 2.45) is 0 Å². The summed E-state index contributed by atoms with van der Waals surface area (Å²) in [5, 5.41) is 18.3. The number of hydrogen-bond donors (Lipinski definition) is 3. The van der Waals surface area contributed by atoms with Gasteiger partial charge in [0.25, 0.3) is 5.56 Å². The van der Waals surface area contributed by atoms with Gasteiger partial charge in [0.05, 0.1) is 27.0 Å². The number of H-pyrrole nitrogens is 1. The summed E-state index contributed by atoms with van der Waals surface area (Å²) in [4.78, 5) is 30.5. The first-order valence-corrected chi connectivity index (χ1v) is 9.88. The second-order valence-corrected chi connectivity index (χ2v) is 7.04. The van der Waals surface area contributed by atoms with Gasteiger partial charge >= 0.3 is 0 Å². The monoisotopic (exact) mass is 434 g/mol. The van der Waals surface area contributed by atoms with E-state index in [1.807, 2.05) is 6.07 Å². The zero-order valence-corrected chi connectivity index (χ0v) is 17.6. The van der Waals surface area contributed by atoms with Crippen LogP contribution in [0.4, 0.5) is 0 Å². The number of aromatic amines is 1. The molecule has 0 aliphatic heterocycles. The minimum absolute atomic E-state index is 0.131. The van der Waals surface area contributed by atoms with Gasteiger partial charge in [-0.25, -0.2) is 10.5 Å². The number of unbranched alkanes of at least 4 members (excludes halogenated alkanes) is 1. The van der Waals surface area contributed by atoms with E-state index < -0.39 is 11.5 Å². The van der Waals surface area contributed by atoms with E-state index in [0.29, 0.717) is 46.6 Å². The summed E-state index contributed by atoms with van der Waals surface area (Å²) in [6, 6.07) is 5.13. The van der Waals surface area contributed by atoms with Gasteiger partial charge in [-0.1, -0.05) is 11.8 Å². The Bertz CT molecular complexity index is 976. The van der Waals surface area contributed by atoms with Gasteiger partial charge in [-0.15, -0.1) is 0 Å². The average molecular weight is 434 g/mol.